The van der Waals surface area contributed by atoms with Crippen LogP contribution in [0.5, 0.6) is 0 Å². The molecule has 0 rings (SSSR count). The number of carbonyl (C=O) groups is 1. The Labute approximate surface area is 65.8 Å². The predicted octanol–water partition coefficient (Wildman–Crippen LogP) is 1.26. The lowest BCUT2D eigenvalue weighted by atomic mass is 10.2. The van der Waals surface area contributed by atoms with Gasteiger partial charge in [0, 0.05) is 0 Å². The zero-order valence-corrected chi connectivity index (χ0v) is 6.83. The Hall–Kier alpha value is -1.06. The van der Waals surface area contributed by atoms with Crippen LogP contribution in [0, 0.1) is 0 Å². The molecule has 0 aromatic heterocycles. The van der Waals surface area contributed by atoms with Crippen LogP contribution in [0.3, 0.4) is 0 Å². The number of carboxylic acid groups (broad SMARTS) is 1. The summed E-state index contributed by atoms with van der Waals surface area (Å²) >= 11 is 0. The molecule has 1 N–H and O–H groups in total. The number of rotatable bonds is 5. The molecule has 4 nitrogen and oxygen atoms in total. The van der Waals surface area contributed by atoms with Crippen molar-refractivity contribution in [1.29, 1.82) is 0 Å². The van der Waals surface area contributed by atoms with E-state index >= 15 is 0 Å². The monoisotopic (exact) mass is 159 g/mol. The van der Waals surface area contributed by atoms with Crippen molar-refractivity contribution in [2.24, 2.45) is 5.16 Å². The molecule has 0 aliphatic rings. The van der Waals surface area contributed by atoms with Gasteiger partial charge in [0.25, 0.3) is 0 Å². The fourth-order valence-electron chi connectivity index (χ4n) is 0.605. The lowest BCUT2D eigenvalue weighted by Crippen LogP contribution is -2.04. The molecule has 0 spiro atoms. The summed E-state index contributed by atoms with van der Waals surface area (Å²) < 4.78 is 0. The second kappa shape index (κ2) is 5.70. The molecule has 0 radical (unpaired) electrons. The van der Waals surface area contributed by atoms with Gasteiger partial charge < -0.3 is 9.94 Å². The Balaban J connectivity index is 3.47. The molecule has 0 aliphatic heterocycles. The highest BCUT2D eigenvalue weighted by molar-refractivity contribution is 5.81. The maximum atomic E-state index is 9.94. The van der Waals surface area contributed by atoms with Crippen molar-refractivity contribution in [2.45, 2.75) is 26.7 Å². The van der Waals surface area contributed by atoms with Crippen LogP contribution < -0.4 is 0 Å². The fourth-order valence-corrected chi connectivity index (χ4v) is 0.605. The van der Waals surface area contributed by atoms with Gasteiger partial charge in [-0.25, -0.2) is 4.79 Å². The third-order valence-corrected chi connectivity index (χ3v) is 1.02. The molecule has 0 fully saturated rings. The molecule has 0 heterocycles. The van der Waals surface area contributed by atoms with Gasteiger partial charge in [0.2, 0.25) is 6.61 Å². The van der Waals surface area contributed by atoms with E-state index in [0.717, 1.165) is 18.6 Å². The minimum absolute atomic E-state index is 0.360. The summed E-state index contributed by atoms with van der Waals surface area (Å²) in [5, 5.41) is 11.8. The Morgan fingerprint density at radius 2 is 2.27 bits per heavy atom. The van der Waals surface area contributed by atoms with Crippen LogP contribution >= 0.6 is 0 Å². The average molecular weight is 159 g/mol. The van der Waals surface area contributed by atoms with Crippen LogP contribution in [0.15, 0.2) is 5.16 Å². The molecule has 0 saturated carbocycles. The molecule has 0 saturated heterocycles. The number of hydrogen-bond acceptors (Lipinski definition) is 3. The highest BCUT2D eigenvalue weighted by Crippen LogP contribution is 1.91. The third kappa shape index (κ3) is 6.83. The summed E-state index contributed by atoms with van der Waals surface area (Å²) in [5.41, 5.74) is 0.828. The topological polar surface area (TPSA) is 58.9 Å². The van der Waals surface area contributed by atoms with Crippen LogP contribution in [0.4, 0.5) is 0 Å². The lowest BCUT2D eigenvalue weighted by Gasteiger charge is -1.96. The van der Waals surface area contributed by atoms with Gasteiger partial charge in [0.05, 0.1) is 5.71 Å². The SMILES string of the molecule is CCCC(C)=NOCC(=O)O. The first-order valence-corrected chi connectivity index (χ1v) is 3.54. The van der Waals surface area contributed by atoms with Crippen LogP contribution in [-0.4, -0.2) is 23.4 Å². The molecule has 0 atom stereocenters. The second-order valence-electron chi connectivity index (χ2n) is 2.24. The Bertz CT molecular complexity index is 154. The number of aliphatic carboxylic acids is 1. The first-order valence-electron chi connectivity index (χ1n) is 3.54. The normalized spacial score (nSPS) is 11.3. The molecule has 11 heavy (non-hydrogen) atoms. The van der Waals surface area contributed by atoms with Gasteiger partial charge in [0.1, 0.15) is 0 Å². The van der Waals surface area contributed by atoms with E-state index in [-0.39, 0.29) is 6.61 Å². The number of carboxylic acids is 1. The highest BCUT2D eigenvalue weighted by atomic mass is 16.6. The standard InChI is InChI=1S/C7H13NO3/c1-3-4-6(2)8-11-5-7(9)10/h3-5H2,1-2H3,(H,9,10). The van der Waals surface area contributed by atoms with Crippen molar-refractivity contribution in [3.8, 4) is 0 Å². The predicted molar refractivity (Wildman–Crippen MR) is 41.6 cm³/mol. The average Bonchev–Trinajstić information content (AvgIpc) is 1.87. The number of hydrogen-bond donors (Lipinski definition) is 1. The Morgan fingerprint density at radius 3 is 2.73 bits per heavy atom. The molecule has 0 aliphatic carbocycles. The maximum Gasteiger partial charge on any atom is 0.344 e. The molecular formula is C7H13NO3. The van der Waals surface area contributed by atoms with E-state index in [0.29, 0.717) is 0 Å². The fraction of sp³-hybridized carbons (Fsp3) is 0.714. The van der Waals surface area contributed by atoms with Crippen LogP contribution in [0.25, 0.3) is 0 Å². The molecule has 0 aromatic rings. The zero-order chi connectivity index (χ0) is 8.69. The molecule has 4 heteroatoms. The van der Waals surface area contributed by atoms with Gasteiger partial charge in [-0.1, -0.05) is 18.5 Å². The summed E-state index contributed by atoms with van der Waals surface area (Å²) in [6, 6.07) is 0. The largest absolute Gasteiger partial charge is 0.479 e. The van der Waals surface area contributed by atoms with Crippen molar-refractivity contribution >= 4 is 11.7 Å². The van der Waals surface area contributed by atoms with E-state index in [2.05, 4.69) is 9.99 Å². The molecule has 0 aromatic carbocycles. The zero-order valence-electron chi connectivity index (χ0n) is 6.83. The van der Waals surface area contributed by atoms with Crippen LogP contribution in [0.2, 0.25) is 0 Å². The van der Waals surface area contributed by atoms with E-state index in [1.807, 2.05) is 13.8 Å². The van der Waals surface area contributed by atoms with E-state index in [4.69, 9.17) is 5.11 Å². The first-order chi connectivity index (χ1) is 5.16. The van der Waals surface area contributed by atoms with Crippen molar-refractivity contribution in [1.82, 2.24) is 0 Å². The second-order valence-corrected chi connectivity index (χ2v) is 2.24. The minimum atomic E-state index is -1.00. The van der Waals surface area contributed by atoms with E-state index in [9.17, 15) is 4.79 Å². The third-order valence-electron chi connectivity index (χ3n) is 1.02. The van der Waals surface area contributed by atoms with Gasteiger partial charge in [-0.3, -0.25) is 0 Å². The first kappa shape index (κ1) is 9.94. The summed E-state index contributed by atoms with van der Waals surface area (Å²) in [6.07, 6.45) is 1.84. The molecule has 64 valence electrons. The van der Waals surface area contributed by atoms with Gasteiger partial charge >= 0.3 is 5.97 Å². The van der Waals surface area contributed by atoms with E-state index < -0.39 is 5.97 Å². The van der Waals surface area contributed by atoms with Gasteiger partial charge in [-0.05, 0) is 13.3 Å². The maximum absolute atomic E-state index is 9.94. The van der Waals surface area contributed by atoms with E-state index in [1.54, 1.807) is 0 Å². The van der Waals surface area contributed by atoms with Crippen molar-refractivity contribution in [3.05, 3.63) is 0 Å². The van der Waals surface area contributed by atoms with Gasteiger partial charge in [0.15, 0.2) is 0 Å². The molecule has 0 bridgehead atoms. The van der Waals surface area contributed by atoms with Crippen molar-refractivity contribution in [3.63, 3.8) is 0 Å². The molecule has 0 amide bonds. The van der Waals surface area contributed by atoms with E-state index in [1.165, 1.54) is 0 Å². The Kier molecular flexibility index (Phi) is 5.15. The highest BCUT2D eigenvalue weighted by Gasteiger charge is 1.94. The minimum Gasteiger partial charge on any atom is -0.479 e. The molecule has 0 unspecified atom stereocenters. The Morgan fingerprint density at radius 1 is 1.64 bits per heavy atom. The molecular weight excluding hydrogens is 146 g/mol. The summed E-state index contributed by atoms with van der Waals surface area (Å²) in [4.78, 5) is 14.4. The van der Waals surface area contributed by atoms with Crippen molar-refractivity contribution in [2.75, 3.05) is 6.61 Å². The smallest absolute Gasteiger partial charge is 0.344 e. The van der Waals surface area contributed by atoms with Gasteiger partial charge in [-0.2, -0.15) is 0 Å². The number of oxime groups is 1. The summed E-state index contributed by atoms with van der Waals surface area (Å²) in [7, 11) is 0. The lowest BCUT2D eigenvalue weighted by molar-refractivity contribution is -0.142. The quantitative estimate of drug-likeness (QED) is 0.485. The van der Waals surface area contributed by atoms with Crippen LogP contribution in [-0.2, 0) is 9.63 Å². The van der Waals surface area contributed by atoms with Gasteiger partial charge in [-0.15, -0.1) is 0 Å². The van der Waals surface area contributed by atoms with Crippen molar-refractivity contribution < 1.29 is 14.7 Å². The van der Waals surface area contributed by atoms with Crippen LogP contribution in [0.1, 0.15) is 26.7 Å². The number of nitrogens with zero attached hydrogens (tertiary/aromatic N) is 1. The summed E-state index contributed by atoms with van der Waals surface area (Å²) in [5.74, 6) is -1.00. The summed E-state index contributed by atoms with van der Waals surface area (Å²) in [6.45, 7) is 3.47.